The Labute approximate surface area is 157 Å². The zero-order chi connectivity index (χ0) is 19.5. The number of alkyl halides is 3. The van der Waals surface area contributed by atoms with E-state index in [2.05, 4.69) is 20.0 Å². The van der Waals surface area contributed by atoms with Gasteiger partial charge in [0.25, 0.3) is 0 Å². The lowest BCUT2D eigenvalue weighted by Gasteiger charge is -2.33. The fraction of sp³-hybridized carbons (Fsp3) is 0.389. The van der Waals surface area contributed by atoms with E-state index < -0.39 is 11.7 Å². The maximum Gasteiger partial charge on any atom is 0.417 e. The van der Waals surface area contributed by atoms with E-state index in [4.69, 9.17) is 10.5 Å². The normalized spacial score (nSPS) is 22.2. The molecule has 0 radical (unpaired) electrons. The second-order valence-electron chi connectivity index (χ2n) is 7.11. The highest BCUT2D eigenvalue weighted by Crippen LogP contribution is 2.38. The van der Waals surface area contributed by atoms with Crippen LogP contribution in [-0.2, 0) is 10.9 Å². The Kier molecular flexibility index (Phi) is 3.73. The second kappa shape index (κ2) is 6.06. The van der Waals surface area contributed by atoms with E-state index in [-0.39, 0.29) is 29.4 Å². The molecule has 3 aromatic rings. The molecule has 2 saturated heterocycles. The number of aromatic nitrogens is 4. The summed E-state index contributed by atoms with van der Waals surface area (Å²) in [5, 5.41) is 4.29. The number of rotatable bonds is 2. The lowest BCUT2D eigenvalue weighted by atomic mass is 10.1. The van der Waals surface area contributed by atoms with Crippen molar-refractivity contribution in [2.24, 2.45) is 0 Å². The van der Waals surface area contributed by atoms with Gasteiger partial charge in [-0.1, -0.05) is 0 Å². The maximum absolute atomic E-state index is 13.6. The molecule has 10 heteroatoms. The number of morpholine rings is 1. The Hall–Kier alpha value is -2.88. The molecule has 2 atom stereocenters. The fourth-order valence-corrected chi connectivity index (χ4v) is 3.94. The van der Waals surface area contributed by atoms with Crippen LogP contribution < -0.4 is 10.6 Å². The molecule has 2 N–H and O–H groups in total. The molecule has 2 fully saturated rings. The molecular formula is C18H17F3N6O. The molecule has 2 aliphatic heterocycles. The van der Waals surface area contributed by atoms with Crippen LogP contribution in [0.25, 0.3) is 16.9 Å². The Balaban J connectivity index is 1.66. The smallest absolute Gasteiger partial charge is 0.384 e. The van der Waals surface area contributed by atoms with E-state index in [1.165, 1.54) is 0 Å². The van der Waals surface area contributed by atoms with Gasteiger partial charge in [0, 0.05) is 25.5 Å². The van der Waals surface area contributed by atoms with Crippen LogP contribution in [-0.4, -0.2) is 44.9 Å². The minimum atomic E-state index is -4.60. The standard InChI is InChI=1S/C18H17F3N6O/c19-18(20,21)13-6-15(22)23-7-12(13)16-24-17(14-2-1-5-27(14)25-16)26-8-10-3-4-11(9-26)28-10/h1-2,5-7,10-11H,3-4,8-9H2,(H2,22,23). The third kappa shape index (κ3) is 2.84. The van der Waals surface area contributed by atoms with E-state index in [1.807, 2.05) is 6.07 Å². The van der Waals surface area contributed by atoms with Crippen molar-refractivity contribution >= 4 is 17.2 Å². The van der Waals surface area contributed by atoms with Gasteiger partial charge in [0.2, 0.25) is 0 Å². The molecule has 28 heavy (non-hydrogen) atoms. The highest BCUT2D eigenvalue weighted by Gasteiger charge is 2.37. The van der Waals surface area contributed by atoms with Crippen LogP contribution in [0.4, 0.5) is 24.8 Å². The Morgan fingerprint density at radius 1 is 1.18 bits per heavy atom. The lowest BCUT2D eigenvalue weighted by Crippen LogP contribution is -2.43. The summed E-state index contributed by atoms with van der Waals surface area (Å²) in [5.74, 6) is 0.348. The van der Waals surface area contributed by atoms with Crippen LogP contribution in [0.1, 0.15) is 18.4 Å². The van der Waals surface area contributed by atoms with E-state index in [9.17, 15) is 13.2 Å². The molecule has 0 spiro atoms. The average molecular weight is 390 g/mol. The van der Waals surface area contributed by atoms with Crippen molar-refractivity contribution < 1.29 is 17.9 Å². The average Bonchev–Trinajstić information content (AvgIpc) is 3.25. The summed E-state index contributed by atoms with van der Waals surface area (Å²) >= 11 is 0. The van der Waals surface area contributed by atoms with Crippen molar-refractivity contribution in [3.63, 3.8) is 0 Å². The van der Waals surface area contributed by atoms with Crippen LogP contribution in [0, 0.1) is 0 Å². The first-order valence-electron chi connectivity index (χ1n) is 8.97. The number of nitrogen functional groups attached to an aromatic ring is 1. The zero-order valence-electron chi connectivity index (χ0n) is 14.7. The first-order valence-corrected chi connectivity index (χ1v) is 8.97. The molecule has 2 unspecified atom stereocenters. The van der Waals surface area contributed by atoms with Crippen LogP contribution in [0.2, 0.25) is 0 Å². The predicted octanol–water partition coefficient (Wildman–Crippen LogP) is 2.76. The van der Waals surface area contributed by atoms with Crippen LogP contribution in [0.3, 0.4) is 0 Å². The van der Waals surface area contributed by atoms with Crippen LogP contribution in [0.5, 0.6) is 0 Å². The third-order valence-electron chi connectivity index (χ3n) is 5.19. The molecule has 2 aliphatic rings. The Bertz CT molecular complexity index is 1040. The molecular weight excluding hydrogens is 373 g/mol. The van der Waals surface area contributed by atoms with Crippen molar-refractivity contribution in [3.05, 3.63) is 36.2 Å². The number of ether oxygens (including phenoxy) is 1. The molecule has 0 amide bonds. The summed E-state index contributed by atoms with van der Waals surface area (Å²) in [4.78, 5) is 10.4. The van der Waals surface area contributed by atoms with Crippen molar-refractivity contribution in [2.75, 3.05) is 23.7 Å². The number of fused-ring (bicyclic) bond motifs is 3. The van der Waals surface area contributed by atoms with Gasteiger partial charge in [-0.15, -0.1) is 5.10 Å². The topological polar surface area (TPSA) is 81.6 Å². The maximum atomic E-state index is 13.6. The molecule has 0 aromatic carbocycles. The number of nitrogens with zero attached hydrogens (tertiary/aromatic N) is 5. The number of nitrogens with two attached hydrogens (primary N) is 1. The highest BCUT2D eigenvalue weighted by atomic mass is 19.4. The van der Waals surface area contributed by atoms with Crippen molar-refractivity contribution in [1.29, 1.82) is 0 Å². The van der Waals surface area contributed by atoms with Gasteiger partial charge in [-0.2, -0.15) is 13.2 Å². The number of hydrogen-bond acceptors (Lipinski definition) is 6. The molecule has 5 rings (SSSR count). The van der Waals surface area contributed by atoms with Crippen LogP contribution in [0.15, 0.2) is 30.6 Å². The molecule has 146 valence electrons. The largest absolute Gasteiger partial charge is 0.417 e. The third-order valence-corrected chi connectivity index (χ3v) is 5.19. The van der Waals surface area contributed by atoms with Gasteiger partial charge in [0.1, 0.15) is 11.3 Å². The zero-order valence-corrected chi connectivity index (χ0v) is 14.7. The molecule has 0 aliphatic carbocycles. The minimum absolute atomic E-state index is 0.0441. The van der Waals surface area contributed by atoms with Crippen LogP contribution >= 0.6 is 0 Å². The summed E-state index contributed by atoms with van der Waals surface area (Å²) in [6.07, 6.45) is 0.381. The van der Waals surface area contributed by atoms with Gasteiger partial charge in [0.15, 0.2) is 11.6 Å². The van der Waals surface area contributed by atoms with Gasteiger partial charge in [0.05, 0.1) is 23.3 Å². The van der Waals surface area contributed by atoms with Gasteiger partial charge >= 0.3 is 6.18 Å². The summed E-state index contributed by atoms with van der Waals surface area (Å²) < 4.78 is 48.1. The van der Waals surface area contributed by atoms with E-state index in [1.54, 1.807) is 16.8 Å². The van der Waals surface area contributed by atoms with Crippen molar-refractivity contribution in [3.8, 4) is 11.4 Å². The lowest BCUT2D eigenvalue weighted by molar-refractivity contribution is -0.137. The monoisotopic (exact) mass is 390 g/mol. The summed E-state index contributed by atoms with van der Waals surface area (Å²) in [5.41, 5.74) is 5.12. The minimum Gasteiger partial charge on any atom is -0.384 e. The predicted molar refractivity (Wildman–Crippen MR) is 95.7 cm³/mol. The number of anilines is 2. The first-order chi connectivity index (χ1) is 13.4. The van der Waals surface area contributed by atoms with Crippen molar-refractivity contribution in [1.82, 2.24) is 19.6 Å². The molecule has 5 heterocycles. The van der Waals surface area contributed by atoms with Gasteiger partial charge in [-0.25, -0.2) is 14.5 Å². The quantitative estimate of drug-likeness (QED) is 0.725. The van der Waals surface area contributed by atoms with E-state index in [0.29, 0.717) is 18.9 Å². The summed E-state index contributed by atoms with van der Waals surface area (Å²) in [6, 6.07) is 4.45. The second-order valence-corrected chi connectivity index (χ2v) is 7.11. The number of halogens is 3. The SMILES string of the molecule is Nc1cc(C(F)(F)F)c(-c2nc(N3CC4CCC(C3)O4)c3cccn3n2)cn1. The van der Waals surface area contributed by atoms with Gasteiger partial charge in [-0.3, -0.25) is 0 Å². The summed E-state index contributed by atoms with van der Waals surface area (Å²) in [7, 11) is 0. The first kappa shape index (κ1) is 17.2. The number of hydrogen-bond donors (Lipinski definition) is 1. The highest BCUT2D eigenvalue weighted by molar-refractivity contribution is 5.73. The van der Waals surface area contributed by atoms with Gasteiger partial charge in [-0.05, 0) is 31.0 Å². The fourth-order valence-electron chi connectivity index (χ4n) is 3.94. The Morgan fingerprint density at radius 3 is 2.64 bits per heavy atom. The van der Waals surface area contributed by atoms with Crippen molar-refractivity contribution in [2.45, 2.75) is 31.2 Å². The van der Waals surface area contributed by atoms with E-state index >= 15 is 0 Å². The molecule has 0 saturated carbocycles. The van der Waals surface area contributed by atoms with Gasteiger partial charge < -0.3 is 15.4 Å². The molecule has 2 bridgehead atoms. The molecule has 7 nitrogen and oxygen atoms in total. The molecule has 3 aromatic heterocycles. The summed E-state index contributed by atoms with van der Waals surface area (Å²) in [6.45, 7) is 1.31. The Morgan fingerprint density at radius 2 is 1.93 bits per heavy atom. The number of pyridine rings is 1. The van der Waals surface area contributed by atoms with E-state index in [0.717, 1.165) is 30.6 Å².